The van der Waals surface area contributed by atoms with Crippen LogP contribution >= 0.6 is 0 Å². The highest BCUT2D eigenvalue weighted by atomic mass is 16.5. The van der Waals surface area contributed by atoms with Gasteiger partial charge in [-0.1, -0.05) is 70.2 Å². The van der Waals surface area contributed by atoms with E-state index in [0.717, 1.165) is 5.56 Å². The summed E-state index contributed by atoms with van der Waals surface area (Å²) in [7, 11) is 0. The topological polar surface area (TPSA) is 99.6 Å². The summed E-state index contributed by atoms with van der Waals surface area (Å²) >= 11 is 0. The van der Waals surface area contributed by atoms with Crippen LogP contribution in [-0.2, 0) is 25.5 Å². The molecule has 2 aromatic rings. The van der Waals surface area contributed by atoms with Crippen LogP contribution in [0.5, 0.6) is 5.75 Å². The highest BCUT2D eigenvalue weighted by Crippen LogP contribution is 2.66. The van der Waals surface area contributed by atoms with Crippen LogP contribution in [0.2, 0.25) is 0 Å². The minimum atomic E-state index is -1.29. The molecule has 1 N–H and O–H groups in total. The Kier molecular flexibility index (Phi) is 11.2. The first-order valence-electron chi connectivity index (χ1n) is 18.7. The Bertz CT molecular complexity index is 1630. The molecular weight excluding hydrogens is 654 g/mol. The maximum Gasteiger partial charge on any atom is 0.249 e. The molecule has 7 atom stereocenters. The van der Waals surface area contributed by atoms with Crippen LogP contribution in [0, 0.1) is 23.2 Å². The number of aliphatic hydroxyl groups excluding tert-OH is 1. The minimum absolute atomic E-state index is 0.104. The molecule has 3 heterocycles. The van der Waals surface area contributed by atoms with E-state index in [1.165, 1.54) is 0 Å². The average molecular weight is 714 g/mol. The van der Waals surface area contributed by atoms with E-state index in [1.807, 2.05) is 80.3 Å². The summed E-state index contributed by atoms with van der Waals surface area (Å²) in [6.45, 7) is 25.0. The number of hydrogen-bond acceptors (Lipinski definition) is 6. The average Bonchev–Trinajstić information content (AvgIpc) is 3.60. The highest BCUT2D eigenvalue weighted by molar-refractivity contribution is 6.04. The SMILES string of the molecule is C=CCN(C(=O)[C@@H]1[C@H]2C(=O)N([C@@H](CO)Cc3ccccc3)C(C(=O)N(CC=C)C(C)(C)CC(C)(C)C)C23CC(C)[C@@]1(C)O3)c1ccc(OCC)cc1. The number of nitrogens with zero attached hydrogens (tertiary/aromatic N) is 3. The fourth-order valence-corrected chi connectivity index (χ4v) is 9.68. The predicted molar refractivity (Wildman–Crippen MR) is 205 cm³/mol. The maximum absolute atomic E-state index is 15.5. The minimum Gasteiger partial charge on any atom is -0.494 e. The summed E-state index contributed by atoms with van der Waals surface area (Å²) in [6, 6.07) is 15.2. The van der Waals surface area contributed by atoms with E-state index < -0.39 is 40.7 Å². The molecule has 3 amide bonds. The summed E-state index contributed by atoms with van der Waals surface area (Å²) in [5, 5.41) is 11.0. The summed E-state index contributed by atoms with van der Waals surface area (Å²) in [6.07, 6.45) is 4.85. The van der Waals surface area contributed by atoms with Gasteiger partial charge in [-0.05, 0) is 88.1 Å². The van der Waals surface area contributed by atoms with Gasteiger partial charge in [0.1, 0.15) is 17.4 Å². The van der Waals surface area contributed by atoms with Crippen LogP contribution in [0.4, 0.5) is 5.69 Å². The summed E-state index contributed by atoms with van der Waals surface area (Å²) in [4.78, 5) is 50.9. The number of aliphatic hydroxyl groups is 1. The third-order valence-electron chi connectivity index (χ3n) is 11.5. The molecule has 9 heteroatoms. The van der Waals surface area contributed by atoms with E-state index in [1.54, 1.807) is 22.0 Å². The van der Waals surface area contributed by atoms with E-state index >= 15 is 14.4 Å². The Balaban J connectivity index is 1.66. The van der Waals surface area contributed by atoms with Gasteiger partial charge in [-0.3, -0.25) is 14.4 Å². The van der Waals surface area contributed by atoms with E-state index in [9.17, 15) is 5.11 Å². The molecule has 0 aromatic heterocycles. The van der Waals surface area contributed by atoms with Gasteiger partial charge < -0.3 is 29.3 Å². The van der Waals surface area contributed by atoms with Crippen molar-refractivity contribution in [2.45, 2.75) is 103 Å². The van der Waals surface area contributed by atoms with Gasteiger partial charge >= 0.3 is 0 Å². The van der Waals surface area contributed by atoms with Crippen LogP contribution in [-0.4, -0.2) is 87.8 Å². The molecule has 3 aliphatic rings. The van der Waals surface area contributed by atoms with Crippen molar-refractivity contribution in [3.05, 3.63) is 85.5 Å². The van der Waals surface area contributed by atoms with Crippen molar-refractivity contribution in [2.24, 2.45) is 23.2 Å². The number of amides is 3. The lowest BCUT2D eigenvalue weighted by atomic mass is 9.62. The van der Waals surface area contributed by atoms with Crippen LogP contribution in [0.3, 0.4) is 0 Å². The monoisotopic (exact) mass is 713 g/mol. The molecule has 2 bridgehead atoms. The normalized spacial score (nSPS) is 27.2. The van der Waals surface area contributed by atoms with Gasteiger partial charge in [-0.25, -0.2) is 0 Å². The van der Waals surface area contributed by atoms with Crippen molar-refractivity contribution in [1.82, 2.24) is 9.80 Å². The zero-order chi connectivity index (χ0) is 38.2. The smallest absolute Gasteiger partial charge is 0.249 e. The number of carbonyl (C=O) groups excluding carboxylic acids is 3. The van der Waals surface area contributed by atoms with Gasteiger partial charge in [-0.15, -0.1) is 13.2 Å². The molecule has 3 unspecified atom stereocenters. The summed E-state index contributed by atoms with van der Waals surface area (Å²) < 4.78 is 12.8. The second-order valence-electron chi connectivity index (χ2n) is 16.9. The number of rotatable bonds is 15. The number of fused-ring (bicyclic) bond motifs is 1. The molecule has 5 rings (SSSR count). The number of hydrogen-bond donors (Lipinski definition) is 1. The Hall–Kier alpha value is -3.95. The van der Waals surface area contributed by atoms with E-state index in [4.69, 9.17) is 9.47 Å². The molecule has 1 spiro atoms. The van der Waals surface area contributed by atoms with Gasteiger partial charge in [-0.2, -0.15) is 0 Å². The first-order chi connectivity index (χ1) is 24.5. The maximum atomic E-state index is 15.5. The van der Waals surface area contributed by atoms with Gasteiger partial charge in [0.05, 0.1) is 36.7 Å². The van der Waals surface area contributed by atoms with Crippen LogP contribution in [0.1, 0.15) is 73.8 Å². The Labute approximate surface area is 310 Å². The van der Waals surface area contributed by atoms with Crippen molar-refractivity contribution in [2.75, 3.05) is 31.2 Å². The van der Waals surface area contributed by atoms with Crippen molar-refractivity contribution in [1.29, 1.82) is 0 Å². The standard InChI is InChI=1S/C43H59N3O6/c1-11-23-44(31-19-21-33(22-20-31)51-13-3)37(48)34-35-38(49)46(32(27-47)25-30-17-15-14-16-18-30)36(43(35)26-29(4)42(34,10)52-43)39(50)45(24-12-2)41(8,9)28-40(5,6)7/h11-12,14-22,29,32,34-36,47H,1-2,13,23-28H2,3-10H3/t29?,32-,34+,35+,36?,42-,43?/m1/s1. The fraction of sp³-hybridized carbons (Fsp3) is 0.558. The zero-order valence-corrected chi connectivity index (χ0v) is 32.4. The van der Waals surface area contributed by atoms with E-state index in [2.05, 4.69) is 47.8 Å². The molecule has 282 valence electrons. The molecule has 3 saturated heterocycles. The second kappa shape index (κ2) is 14.8. The van der Waals surface area contributed by atoms with Gasteiger partial charge in [0.15, 0.2) is 0 Å². The summed E-state index contributed by atoms with van der Waals surface area (Å²) in [5.41, 5.74) is -1.45. The number of carbonyl (C=O) groups is 3. The lowest BCUT2D eigenvalue weighted by molar-refractivity contribution is -0.159. The molecule has 3 aliphatic heterocycles. The van der Waals surface area contributed by atoms with E-state index in [0.29, 0.717) is 37.3 Å². The Morgan fingerprint density at radius 2 is 1.67 bits per heavy atom. The first kappa shape index (κ1) is 39.3. The number of likely N-dealkylation sites (tertiary alicyclic amines) is 1. The van der Waals surface area contributed by atoms with Crippen LogP contribution in [0.15, 0.2) is 79.9 Å². The third-order valence-corrected chi connectivity index (χ3v) is 11.5. The lowest BCUT2D eigenvalue weighted by Gasteiger charge is -2.46. The van der Waals surface area contributed by atoms with Crippen molar-refractivity contribution < 1.29 is 29.0 Å². The van der Waals surface area contributed by atoms with Crippen LogP contribution in [0.25, 0.3) is 0 Å². The molecule has 0 radical (unpaired) electrons. The number of benzene rings is 2. The van der Waals surface area contributed by atoms with Gasteiger partial charge in [0.25, 0.3) is 0 Å². The first-order valence-corrected chi connectivity index (χ1v) is 18.7. The van der Waals surface area contributed by atoms with Gasteiger partial charge in [0, 0.05) is 24.3 Å². The van der Waals surface area contributed by atoms with Crippen molar-refractivity contribution >= 4 is 23.4 Å². The molecule has 9 nitrogen and oxygen atoms in total. The lowest BCUT2D eigenvalue weighted by Crippen LogP contribution is -2.63. The number of anilines is 1. The highest BCUT2D eigenvalue weighted by Gasteiger charge is 2.80. The van der Waals surface area contributed by atoms with E-state index in [-0.39, 0.29) is 48.8 Å². The molecule has 52 heavy (non-hydrogen) atoms. The van der Waals surface area contributed by atoms with Gasteiger partial charge in [0.2, 0.25) is 17.7 Å². The largest absolute Gasteiger partial charge is 0.494 e. The quantitative estimate of drug-likeness (QED) is 0.213. The van der Waals surface area contributed by atoms with Crippen LogP contribution < -0.4 is 9.64 Å². The van der Waals surface area contributed by atoms with Crippen molar-refractivity contribution in [3.63, 3.8) is 0 Å². The number of ether oxygens (including phenoxy) is 2. The third kappa shape index (κ3) is 6.94. The molecular formula is C43H59N3O6. The second-order valence-corrected chi connectivity index (χ2v) is 16.9. The molecule has 2 aromatic carbocycles. The molecule has 0 aliphatic carbocycles. The zero-order valence-electron chi connectivity index (χ0n) is 32.4. The van der Waals surface area contributed by atoms with Crippen molar-refractivity contribution in [3.8, 4) is 5.75 Å². The Morgan fingerprint density at radius 3 is 2.23 bits per heavy atom. The Morgan fingerprint density at radius 1 is 1.04 bits per heavy atom. The summed E-state index contributed by atoms with van der Waals surface area (Å²) in [5.74, 6) is -2.13. The molecule has 0 saturated carbocycles. The predicted octanol–water partition coefficient (Wildman–Crippen LogP) is 6.45. The molecule has 3 fully saturated rings. The fourth-order valence-electron chi connectivity index (χ4n) is 9.68.